The van der Waals surface area contributed by atoms with Crippen molar-refractivity contribution in [3.05, 3.63) is 52.2 Å². The van der Waals surface area contributed by atoms with Gasteiger partial charge in [0, 0.05) is 6.54 Å². The van der Waals surface area contributed by atoms with E-state index < -0.39 is 18.0 Å². The molecule has 0 spiro atoms. The van der Waals surface area contributed by atoms with Gasteiger partial charge in [0.05, 0.1) is 17.6 Å². The zero-order chi connectivity index (χ0) is 17.8. The molecule has 1 aromatic heterocycles. The van der Waals surface area contributed by atoms with Gasteiger partial charge in [-0.2, -0.15) is 0 Å². The Morgan fingerprint density at radius 1 is 1.16 bits per heavy atom. The predicted octanol–water partition coefficient (Wildman–Crippen LogP) is 2.74. The van der Waals surface area contributed by atoms with Crippen LogP contribution in [0.15, 0.2) is 41.8 Å². The van der Waals surface area contributed by atoms with Gasteiger partial charge >= 0.3 is 11.9 Å². The first kappa shape index (κ1) is 17.2. The minimum Gasteiger partial charge on any atom is -0.465 e. The van der Waals surface area contributed by atoms with Gasteiger partial charge in [-0.15, -0.1) is 11.3 Å². The third-order valence-corrected chi connectivity index (χ3v) is 4.87. The Balaban J connectivity index is 1.67. The number of carbonyl (C=O) groups excluding carboxylic acids is 3. The molecular formula is C18H17NO5S. The quantitative estimate of drug-likeness (QED) is 0.620. The largest absolute Gasteiger partial charge is 0.465 e. The van der Waals surface area contributed by atoms with Crippen molar-refractivity contribution in [3.63, 3.8) is 0 Å². The highest BCUT2D eigenvalue weighted by atomic mass is 32.1. The third-order valence-electron chi connectivity index (χ3n) is 4.01. The first-order valence-corrected chi connectivity index (χ1v) is 8.72. The molecule has 2 aromatic rings. The lowest BCUT2D eigenvalue weighted by Gasteiger charge is -2.22. The van der Waals surface area contributed by atoms with Crippen LogP contribution in [0.1, 0.15) is 32.9 Å². The van der Waals surface area contributed by atoms with Gasteiger partial charge < -0.3 is 14.4 Å². The number of nitrogens with zero attached hydrogens (tertiary/aromatic N) is 1. The standard InChI is InChI=1S/C18H17NO5S/c1-23-17(21)12-6-8-13(9-7-12)24-18(22)14-4-2-10-19(14)16(20)15-5-3-11-25-15/h3,5-9,11,14H,2,4,10H2,1H3. The zero-order valence-electron chi connectivity index (χ0n) is 13.6. The molecular weight excluding hydrogens is 342 g/mol. The third kappa shape index (κ3) is 3.71. The summed E-state index contributed by atoms with van der Waals surface area (Å²) in [7, 11) is 1.30. The van der Waals surface area contributed by atoms with Crippen molar-refractivity contribution < 1.29 is 23.9 Å². The summed E-state index contributed by atoms with van der Waals surface area (Å²) in [5, 5.41) is 1.83. The van der Waals surface area contributed by atoms with E-state index in [9.17, 15) is 14.4 Å². The molecule has 7 heteroatoms. The second-order valence-electron chi connectivity index (χ2n) is 5.57. The normalized spacial score (nSPS) is 16.5. The van der Waals surface area contributed by atoms with Crippen LogP contribution in [0.25, 0.3) is 0 Å². The van der Waals surface area contributed by atoms with Crippen LogP contribution in [0.3, 0.4) is 0 Å². The van der Waals surface area contributed by atoms with Crippen LogP contribution < -0.4 is 4.74 Å². The Kier molecular flexibility index (Phi) is 5.14. The lowest BCUT2D eigenvalue weighted by molar-refractivity contribution is -0.138. The van der Waals surface area contributed by atoms with Crippen molar-refractivity contribution in [2.24, 2.45) is 0 Å². The Bertz CT molecular complexity index is 769. The van der Waals surface area contributed by atoms with Crippen molar-refractivity contribution in [2.75, 3.05) is 13.7 Å². The first-order valence-electron chi connectivity index (χ1n) is 7.84. The van der Waals surface area contributed by atoms with Gasteiger partial charge in [0.2, 0.25) is 0 Å². The summed E-state index contributed by atoms with van der Waals surface area (Å²) in [6.45, 7) is 0.539. The fraction of sp³-hybridized carbons (Fsp3) is 0.278. The number of hydrogen-bond acceptors (Lipinski definition) is 6. The number of methoxy groups -OCH3 is 1. The molecule has 130 valence electrons. The van der Waals surface area contributed by atoms with Crippen LogP contribution in [0.5, 0.6) is 5.75 Å². The van der Waals surface area contributed by atoms with Gasteiger partial charge in [-0.05, 0) is 48.6 Å². The lowest BCUT2D eigenvalue weighted by atomic mass is 10.2. The average molecular weight is 359 g/mol. The topological polar surface area (TPSA) is 72.9 Å². The molecule has 1 aliphatic heterocycles. The van der Waals surface area contributed by atoms with Crippen LogP contribution >= 0.6 is 11.3 Å². The minimum absolute atomic E-state index is 0.143. The Hall–Kier alpha value is -2.67. The van der Waals surface area contributed by atoms with E-state index in [2.05, 4.69) is 4.74 Å². The number of hydrogen-bond donors (Lipinski definition) is 0. The van der Waals surface area contributed by atoms with Gasteiger partial charge in [0.1, 0.15) is 11.8 Å². The molecule has 0 aliphatic carbocycles. The lowest BCUT2D eigenvalue weighted by Crippen LogP contribution is -2.42. The molecule has 0 bridgehead atoms. The van der Waals surface area contributed by atoms with Gasteiger partial charge in [-0.25, -0.2) is 9.59 Å². The number of benzene rings is 1. The summed E-state index contributed by atoms with van der Waals surface area (Å²) in [6, 6.07) is 9.09. The number of ether oxygens (including phenoxy) is 2. The predicted molar refractivity (Wildman–Crippen MR) is 91.8 cm³/mol. The summed E-state index contributed by atoms with van der Waals surface area (Å²) in [6.07, 6.45) is 1.34. The maximum absolute atomic E-state index is 12.5. The maximum Gasteiger partial charge on any atom is 0.337 e. The number of amides is 1. The van der Waals surface area contributed by atoms with E-state index in [0.717, 1.165) is 6.42 Å². The summed E-state index contributed by atoms with van der Waals surface area (Å²) >= 11 is 1.35. The number of esters is 2. The molecule has 0 N–H and O–H groups in total. The van der Waals surface area contributed by atoms with Crippen LogP contribution in [0.2, 0.25) is 0 Å². The van der Waals surface area contributed by atoms with Crippen LogP contribution in [0.4, 0.5) is 0 Å². The Morgan fingerprint density at radius 2 is 1.92 bits per heavy atom. The van der Waals surface area contributed by atoms with E-state index in [1.807, 2.05) is 11.4 Å². The Labute approximate surface area is 149 Å². The van der Waals surface area contributed by atoms with Gasteiger partial charge in [-0.3, -0.25) is 4.79 Å². The molecule has 6 nitrogen and oxygen atoms in total. The van der Waals surface area contributed by atoms with Crippen molar-refractivity contribution in [2.45, 2.75) is 18.9 Å². The number of rotatable bonds is 4. The number of thiophene rings is 1. The molecule has 1 saturated heterocycles. The molecule has 1 aromatic carbocycles. The molecule has 1 amide bonds. The fourth-order valence-corrected chi connectivity index (χ4v) is 3.44. The molecule has 0 radical (unpaired) electrons. The molecule has 1 aliphatic rings. The Morgan fingerprint density at radius 3 is 2.56 bits per heavy atom. The molecule has 1 fully saturated rings. The molecule has 25 heavy (non-hydrogen) atoms. The monoisotopic (exact) mass is 359 g/mol. The summed E-state index contributed by atoms with van der Waals surface area (Å²) in [4.78, 5) is 38.6. The molecule has 3 rings (SSSR count). The van der Waals surface area contributed by atoms with E-state index in [0.29, 0.717) is 29.2 Å². The van der Waals surface area contributed by atoms with Crippen molar-refractivity contribution in [1.29, 1.82) is 0 Å². The van der Waals surface area contributed by atoms with Gasteiger partial charge in [-0.1, -0.05) is 6.07 Å². The highest BCUT2D eigenvalue weighted by Crippen LogP contribution is 2.24. The fourth-order valence-electron chi connectivity index (χ4n) is 2.76. The highest BCUT2D eigenvalue weighted by molar-refractivity contribution is 7.12. The van der Waals surface area contributed by atoms with Crippen LogP contribution in [-0.4, -0.2) is 42.4 Å². The van der Waals surface area contributed by atoms with E-state index in [1.165, 1.54) is 42.7 Å². The summed E-state index contributed by atoms with van der Waals surface area (Å²) < 4.78 is 10.0. The smallest absolute Gasteiger partial charge is 0.337 e. The highest BCUT2D eigenvalue weighted by Gasteiger charge is 2.36. The molecule has 0 saturated carbocycles. The average Bonchev–Trinajstić information content (AvgIpc) is 3.32. The maximum atomic E-state index is 12.5. The summed E-state index contributed by atoms with van der Waals surface area (Å²) in [5.41, 5.74) is 0.373. The first-order chi connectivity index (χ1) is 12.1. The second kappa shape index (κ2) is 7.48. The number of carbonyl (C=O) groups is 3. The molecule has 1 unspecified atom stereocenters. The molecule has 2 heterocycles. The minimum atomic E-state index is -0.588. The van der Waals surface area contributed by atoms with E-state index >= 15 is 0 Å². The van der Waals surface area contributed by atoms with Crippen LogP contribution in [0, 0.1) is 0 Å². The second-order valence-corrected chi connectivity index (χ2v) is 6.52. The SMILES string of the molecule is COC(=O)c1ccc(OC(=O)C2CCCN2C(=O)c2cccs2)cc1. The summed E-state index contributed by atoms with van der Waals surface area (Å²) in [5.74, 6) is -0.738. The number of likely N-dealkylation sites (tertiary alicyclic amines) is 1. The van der Waals surface area contributed by atoms with E-state index in [4.69, 9.17) is 4.74 Å². The zero-order valence-corrected chi connectivity index (χ0v) is 14.5. The molecule has 1 atom stereocenters. The van der Waals surface area contributed by atoms with E-state index in [1.54, 1.807) is 11.0 Å². The van der Waals surface area contributed by atoms with Crippen molar-refractivity contribution >= 4 is 29.2 Å². The van der Waals surface area contributed by atoms with E-state index in [-0.39, 0.29) is 5.91 Å². The van der Waals surface area contributed by atoms with Gasteiger partial charge in [0.25, 0.3) is 5.91 Å². The van der Waals surface area contributed by atoms with Crippen molar-refractivity contribution in [3.8, 4) is 5.75 Å². The van der Waals surface area contributed by atoms with Crippen molar-refractivity contribution in [1.82, 2.24) is 4.90 Å². The van der Waals surface area contributed by atoms with Gasteiger partial charge in [0.15, 0.2) is 0 Å². The van der Waals surface area contributed by atoms with Crippen LogP contribution in [-0.2, 0) is 9.53 Å².